The molecule has 0 bridgehead atoms. The lowest BCUT2D eigenvalue weighted by molar-refractivity contribution is 1.19. The summed E-state index contributed by atoms with van der Waals surface area (Å²) in [5, 5.41) is 1.03. The largest absolute Gasteiger partial charge is 0.264 e. The van der Waals surface area contributed by atoms with Crippen LogP contribution in [0.25, 0.3) is 16.6 Å². The van der Waals surface area contributed by atoms with Gasteiger partial charge < -0.3 is 0 Å². The fourth-order valence-electron chi connectivity index (χ4n) is 1.56. The van der Waals surface area contributed by atoms with Gasteiger partial charge in [0.1, 0.15) is 0 Å². The third-order valence-corrected chi connectivity index (χ3v) is 2.49. The van der Waals surface area contributed by atoms with E-state index in [4.69, 9.17) is 0 Å². The number of allylic oxidation sites excluding steroid dienone is 2. The fraction of sp³-hybridized carbons (Fsp3) is 0.133. The lowest BCUT2D eigenvalue weighted by atomic mass is 10.2. The number of rotatable bonds is 3. The summed E-state index contributed by atoms with van der Waals surface area (Å²) in [6.45, 7) is 7.82. The van der Waals surface area contributed by atoms with Gasteiger partial charge in [0, 0.05) is 29.1 Å². The highest BCUT2D eigenvalue weighted by molar-refractivity contribution is 6.08. The van der Waals surface area contributed by atoms with Gasteiger partial charge in [0.2, 0.25) is 0 Å². The van der Waals surface area contributed by atoms with Crippen LogP contribution in [0, 0.1) is 6.92 Å². The molecule has 2 heterocycles. The number of aryl methyl sites for hydroxylation is 1. The average molecular weight is 237 g/mol. The second-order valence-corrected chi connectivity index (χ2v) is 3.98. The Kier molecular flexibility index (Phi) is 3.63. The van der Waals surface area contributed by atoms with Gasteiger partial charge in [0.05, 0.1) is 5.69 Å². The summed E-state index contributed by atoms with van der Waals surface area (Å²) in [6, 6.07) is 7.93. The van der Waals surface area contributed by atoms with Gasteiger partial charge in [0.15, 0.2) is 5.65 Å². The lowest BCUT2D eigenvalue weighted by Crippen LogP contribution is -1.93. The molecule has 2 aromatic heterocycles. The van der Waals surface area contributed by atoms with Crippen molar-refractivity contribution in [2.75, 3.05) is 0 Å². The van der Waals surface area contributed by atoms with E-state index in [-0.39, 0.29) is 0 Å². The highest BCUT2D eigenvalue weighted by Crippen LogP contribution is 2.14. The van der Waals surface area contributed by atoms with Gasteiger partial charge in [-0.3, -0.25) is 4.99 Å². The maximum Gasteiger partial charge on any atom is 0.160 e. The summed E-state index contributed by atoms with van der Waals surface area (Å²) in [5.74, 6) is 0. The summed E-state index contributed by atoms with van der Waals surface area (Å²) in [6.07, 6.45) is 5.28. The number of aliphatic imine (C=N–C) groups is 1. The van der Waals surface area contributed by atoms with Crippen molar-refractivity contribution in [1.82, 2.24) is 9.97 Å². The highest BCUT2D eigenvalue weighted by Gasteiger charge is 2.01. The minimum absolute atomic E-state index is 0.744. The standard InChI is InChI=1S/C15H15N3/c1-4-9-16-10-11(2)14-8-7-13-6-5-12(3)17-15(13)18-14/h4-10H,2H2,1,3H3/b9-4-,16-10-. The Labute approximate surface area is 107 Å². The van der Waals surface area contributed by atoms with Crippen LogP contribution in [0.15, 0.2) is 48.1 Å². The van der Waals surface area contributed by atoms with Crippen LogP contribution in [0.2, 0.25) is 0 Å². The Morgan fingerprint density at radius 3 is 2.78 bits per heavy atom. The van der Waals surface area contributed by atoms with E-state index < -0.39 is 0 Å². The number of fused-ring (bicyclic) bond motifs is 1. The predicted molar refractivity (Wildman–Crippen MR) is 76.6 cm³/mol. The Balaban J connectivity index is 2.37. The van der Waals surface area contributed by atoms with Crippen molar-refractivity contribution in [3.8, 4) is 0 Å². The molecule has 0 unspecified atom stereocenters. The summed E-state index contributed by atoms with van der Waals surface area (Å²) < 4.78 is 0. The monoisotopic (exact) mass is 237 g/mol. The minimum Gasteiger partial charge on any atom is -0.264 e. The number of hydrogen-bond acceptors (Lipinski definition) is 3. The van der Waals surface area contributed by atoms with Crippen LogP contribution in [0.5, 0.6) is 0 Å². The van der Waals surface area contributed by atoms with Crippen molar-refractivity contribution in [3.63, 3.8) is 0 Å². The topological polar surface area (TPSA) is 38.1 Å². The zero-order chi connectivity index (χ0) is 13.0. The normalized spacial score (nSPS) is 11.7. The Morgan fingerprint density at radius 2 is 2.00 bits per heavy atom. The molecule has 0 aliphatic rings. The van der Waals surface area contributed by atoms with Crippen molar-refractivity contribution in [2.24, 2.45) is 4.99 Å². The summed E-state index contributed by atoms with van der Waals surface area (Å²) in [4.78, 5) is 13.0. The molecular formula is C15H15N3. The zero-order valence-corrected chi connectivity index (χ0v) is 10.6. The quantitative estimate of drug-likeness (QED) is 0.765. The first-order valence-electron chi connectivity index (χ1n) is 5.79. The summed E-state index contributed by atoms with van der Waals surface area (Å²) >= 11 is 0. The molecule has 0 amide bonds. The molecule has 0 atom stereocenters. The second kappa shape index (κ2) is 5.36. The van der Waals surface area contributed by atoms with Gasteiger partial charge in [0.25, 0.3) is 0 Å². The molecule has 0 fully saturated rings. The smallest absolute Gasteiger partial charge is 0.160 e. The van der Waals surface area contributed by atoms with E-state index in [9.17, 15) is 0 Å². The molecule has 0 aromatic carbocycles. The van der Waals surface area contributed by atoms with Gasteiger partial charge in [-0.2, -0.15) is 0 Å². The first-order chi connectivity index (χ1) is 8.70. The third kappa shape index (κ3) is 2.69. The van der Waals surface area contributed by atoms with Crippen molar-refractivity contribution in [1.29, 1.82) is 0 Å². The Bertz CT molecular complexity index is 639. The predicted octanol–water partition coefficient (Wildman–Crippen LogP) is 3.56. The van der Waals surface area contributed by atoms with Crippen molar-refractivity contribution >= 4 is 22.8 Å². The molecule has 18 heavy (non-hydrogen) atoms. The SMILES string of the molecule is C=C(/C=N\C=C/C)c1ccc2ccc(C)nc2n1. The first-order valence-corrected chi connectivity index (χ1v) is 5.79. The van der Waals surface area contributed by atoms with E-state index >= 15 is 0 Å². The van der Waals surface area contributed by atoms with E-state index in [0.29, 0.717) is 0 Å². The van der Waals surface area contributed by atoms with Crippen LogP contribution in [0.3, 0.4) is 0 Å². The third-order valence-electron chi connectivity index (χ3n) is 2.49. The highest BCUT2D eigenvalue weighted by atomic mass is 14.9. The number of aromatic nitrogens is 2. The molecule has 2 rings (SSSR count). The maximum absolute atomic E-state index is 4.49. The van der Waals surface area contributed by atoms with Crippen LogP contribution in [-0.2, 0) is 0 Å². The van der Waals surface area contributed by atoms with Crippen molar-refractivity contribution in [3.05, 3.63) is 54.5 Å². The van der Waals surface area contributed by atoms with E-state index in [2.05, 4.69) is 21.5 Å². The molecule has 3 nitrogen and oxygen atoms in total. The fourth-order valence-corrected chi connectivity index (χ4v) is 1.56. The van der Waals surface area contributed by atoms with Gasteiger partial charge in [-0.25, -0.2) is 9.97 Å². The number of nitrogens with zero attached hydrogens (tertiary/aromatic N) is 3. The Hall–Kier alpha value is -2.29. The van der Waals surface area contributed by atoms with Crippen LogP contribution in [0.4, 0.5) is 0 Å². The van der Waals surface area contributed by atoms with Gasteiger partial charge in [-0.1, -0.05) is 12.7 Å². The molecule has 0 aliphatic heterocycles. The first kappa shape index (κ1) is 12.2. The molecule has 0 saturated heterocycles. The summed E-state index contributed by atoms with van der Waals surface area (Å²) in [5.41, 5.74) is 3.28. The minimum atomic E-state index is 0.744. The van der Waals surface area contributed by atoms with E-state index in [0.717, 1.165) is 28.0 Å². The number of hydrogen-bond donors (Lipinski definition) is 0. The molecule has 0 aliphatic carbocycles. The molecule has 0 saturated carbocycles. The van der Waals surface area contributed by atoms with Gasteiger partial charge >= 0.3 is 0 Å². The maximum atomic E-state index is 4.49. The molecule has 0 N–H and O–H groups in total. The van der Waals surface area contributed by atoms with E-state index in [1.165, 1.54) is 0 Å². The summed E-state index contributed by atoms with van der Waals surface area (Å²) in [7, 11) is 0. The van der Waals surface area contributed by atoms with Crippen molar-refractivity contribution < 1.29 is 0 Å². The van der Waals surface area contributed by atoms with Gasteiger partial charge in [-0.05, 0) is 38.1 Å². The van der Waals surface area contributed by atoms with E-state index in [1.54, 1.807) is 12.4 Å². The molecular weight excluding hydrogens is 222 g/mol. The Morgan fingerprint density at radius 1 is 1.22 bits per heavy atom. The molecule has 0 radical (unpaired) electrons. The second-order valence-electron chi connectivity index (χ2n) is 3.98. The average Bonchev–Trinajstić information content (AvgIpc) is 2.38. The van der Waals surface area contributed by atoms with Crippen molar-refractivity contribution in [2.45, 2.75) is 13.8 Å². The van der Waals surface area contributed by atoms with Crippen LogP contribution < -0.4 is 0 Å². The molecule has 90 valence electrons. The lowest BCUT2D eigenvalue weighted by Gasteiger charge is -2.02. The van der Waals surface area contributed by atoms with E-state index in [1.807, 2.05) is 44.2 Å². The molecule has 2 aromatic rings. The van der Waals surface area contributed by atoms with Crippen LogP contribution in [0.1, 0.15) is 18.3 Å². The number of pyridine rings is 2. The van der Waals surface area contributed by atoms with Gasteiger partial charge in [-0.15, -0.1) is 0 Å². The molecule has 3 heteroatoms. The zero-order valence-electron chi connectivity index (χ0n) is 10.6. The van der Waals surface area contributed by atoms with Crippen LogP contribution >= 0.6 is 0 Å². The molecule has 0 spiro atoms. The van der Waals surface area contributed by atoms with Crippen LogP contribution in [-0.4, -0.2) is 16.2 Å².